The Hall–Kier alpha value is -1.57. The van der Waals surface area contributed by atoms with Gasteiger partial charge in [0.05, 0.1) is 18.9 Å². The number of amides is 2. The lowest BCUT2D eigenvalue weighted by Gasteiger charge is -2.32. The molecule has 2 amide bonds. The molecule has 26 heavy (non-hydrogen) atoms. The van der Waals surface area contributed by atoms with Gasteiger partial charge in [0.15, 0.2) is 0 Å². The zero-order chi connectivity index (χ0) is 19.1. The Morgan fingerprint density at radius 1 is 1.31 bits per heavy atom. The van der Waals surface area contributed by atoms with Gasteiger partial charge >= 0.3 is 5.97 Å². The molecule has 2 aliphatic heterocycles. The van der Waals surface area contributed by atoms with Crippen LogP contribution in [-0.2, 0) is 19.1 Å². The fourth-order valence-corrected chi connectivity index (χ4v) is 4.72. The summed E-state index contributed by atoms with van der Waals surface area (Å²) in [6.45, 7) is 0. The number of rotatable bonds is 5. The third kappa shape index (κ3) is 2.82. The standard InChI is InChI=1S/C18H21ClN2O4S/c1-21-15(22)12-13(16(21)23)18(8-9-26-3,17(24)25-2)20-14(12)10-4-6-11(19)7-5-10/h4-7,12-14,20H,8-9H2,1-3H3/t12-,13-,14-,18-/m1/s1. The molecule has 2 aliphatic rings. The minimum absolute atomic E-state index is 0.276. The van der Waals surface area contributed by atoms with Crippen LogP contribution in [0.3, 0.4) is 0 Å². The first-order valence-corrected chi connectivity index (χ1v) is 10.1. The molecule has 4 atom stereocenters. The average Bonchev–Trinajstić information content (AvgIpc) is 3.10. The van der Waals surface area contributed by atoms with Crippen LogP contribution in [0, 0.1) is 11.8 Å². The molecule has 2 saturated heterocycles. The smallest absolute Gasteiger partial charge is 0.326 e. The zero-order valence-corrected chi connectivity index (χ0v) is 16.4. The van der Waals surface area contributed by atoms with Crippen LogP contribution in [0.25, 0.3) is 0 Å². The molecule has 0 radical (unpaired) electrons. The van der Waals surface area contributed by atoms with Crippen molar-refractivity contribution in [2.24, 2.45) is 11.8 Å². The predicted octanol–water partition coefficient (Wildman–Crippen LogP) is 1.88. The van der Waals surface area contributed by atoms with E-state index in [1.54, 1.807) is 23.9 Å². The molecule has 0 aromatic heterocycles. The number of esters is 1. The van der Waals surface area contributed by atoms with Crippen molar-refractivity contribution in [2.75, 3.05) is 26.2 Å². The number of methoxy groups -OCH3 is 1. The van der Waals surface area contributed by atoms with Crippen LogP contribution in [0.15, 0.2) is 24.3 Å². The van der Waals surface area contributed by atoms with Crippen LogP contribution in [0.1, 0.15) is 18.0 Å². The van der Waals surface area contributed by atoms with Crippen molar-refractivity contribution in [1.82, 2.24) is 10.2 Å². The minimum atomic E-state index is -1.22. The summed E-state index contributed by atoms with van der Waals surface area (Å²) in [5, 5.41) is 3.89. The number of likely N-dealkylation sites (tertiary alicyclic amines) is 1. The minimum Gasteiger partial charge on any atom is -0.468 e. The quantitative estimate of drug-likeness (QED) is 0.605. The number of fused-ring (bicyclic) bond motifs is 1. The van der Waals surface area contributed by atoms with Crippen molar-refractivity contribution in [2.45, 2.75) is 18.0 Å². The number of nitrogens with zero attached hydrogens (tertiary/aromatic N) is 1. The lowest BCUT2D eigenvalue weighted by atomic mass is 9.78. The second-order valence-corrected chi connectivity index (χ2v) is 8.04. The van der Waals surface area contributed by atoms with E-state index in [4.69, 9.17) is 16.3 Å². The van der Waals surface area contributed by atoms with Gasteiger partial charge in [0.25, 0.3) is 0 Å². The number of hydrogen-bond donors (Lipinski definition) is 1. The van der Waals surface area contributed by atoms with E-state index < -0.39 is 29.4 Å². The summed E-state index contributed by atoms with van der Waals surface area (Å²) < 4.78 is 5.05. The number of carbonyl (C=O) groups is 3. The molecule has 0 bridgehead atoms. The largest absolute Gasteiger partial charge is 0.468 e. The highest BCUT2D eigenvalue weighted by Crippen LogP contribution is 2.50. The Labute approximate surface area is 161 Å². The molecule has 8 heteroatoms. The van der Waals surface area contributed by atoms with Crippen molar-refractivity contribution in [1.29, 1.82) is 0 Å². The molecule has 1 aromatic rings. The molecular formula is C18H21ClN2O4S. The fourth-order valence-electron chi connectivity index (χ4n) is 4.07. The number of ether oxygens (including phenoxy) is 1. The lowest BCUT2D eigenvalue weighted by molar-refractivity contribution is -0.154. The van der Waals surface area contributed by atoms with Crippen molar-refractivity contribution >= 4 is 41.1 Å². The average molecular weight is 397 g/mol. The van der Waals surface area contributed by atoms with E-state index >= 15 is 0 Å². The van der Waals surface area contributed by atoms with Crippen LogP contribution in [0.4, 0.5) is 0 Å². The highest BCUT2D eigenvalue weighted by molar-refractivity contribution is 7.98. The zero-order valence-electron chi connectivity index (χ0n) is 14.8. The summed E-state index contributed by atoms with van der Waals surface area (Å²) in [6.07, 6.45) is 2.33. The first kappa shape index (κ1) is 19.2. The van der Waals surface area contributed by atoms with Gasteiger partial charge in [0.2, 0.25) is 11.8 Å². The summed E-state index contributed by atoms with van der Waals surface area (Å²) in [4.78, 5) is 39.6. The maximum atomic E-state index is 12.9. The second kappa shape index (κ2) is 7.21. The molecule has 2 fully saturated rings. The number of imide groups is 1. The SMILES string of the molecule is COC(=O)[C@]1(CCSC)N[C@H](c2ccc(Cl)cc2)[C@@H]2C(=O)N(C)C(=O)[C@@H]21. The molecule has 0 aliphatic carbocycles. The van der Waals surface area contributed by atoms with Crippen LogP contribution in [0.2, 0.25) is 5.02 Å². The third-order valence-corrected chi connectivity index (χ3v) is 6.22. The van der Waals surface area contributed by atoms with Gasteiger partial charge in [-0.1, -0.05) is 23.7 Å². The highest BCUT2D eigenvalue weighted by atomic mass is 35.5. The summed E-state index contributed by atoms with van der Waals surface area (Å²) >= 11 is 7.55. The summed E-state index contributed by atoms with van der Waals surface area (Å²) in [5.41, 5.74) is -0.402. The molecule has 1 aromatic carbocycles. The number of halogens is 1. The molecule has 140 valence electrons. The Kier molecular flexibility index (Phi) is 5.33. The third-order valence-electron chi connectivity index (χ3n) is 5.35. The molecule has 0 saturated carbocycles. The number of benzene rings is 1. The summed E-state index contributed by atoms with van der Waals surface area (Å²) in [6, 6.07) is 6.64. The van der Waals surface area contributed by atoms with Crippen molar-refractivity contribution in [3.63, 3.8) is 0 Å². The van der Waals surface area contributed by atoms with Crippen molar-refractivity contribution in [3.8, 4) is 0 Å². The van der Waals surface area contributed by atoms with Crippen LogP contribution in [-0.4, -0.2) is 54.4 Å². The van der Waals surface area contributed by atoms with Crippen LogP contribution in [0.5, 0.6) is 0 Å². The van der Waals surface area contributed by atoms with E-state index in [1.807, 2.05) is 18.4 Å². The molecule has 0 unspecified atom stereocenters. The first-order chi connectivity index (χ1) is 12.4. The van der Waals surface area contributed by atoms with Gasteiger partial charge in [0.1, 0.15) is 5.54 Å². The molecule has 1 N–H and O–H groups in total. The van der Waals surface area contributed by atoms with Gasteiger partial charge in [-0.2, -0.15) is 11.8 Å². The fraction of sp³-hybridized carbons (Fsp3) is 0.500. The van der Waals surface area contributed by atoms with Gasteiger partial charge in [-0.15, -0.1) is 0 Å². The van der Waals surface area contributed by atoms with E-state index in [1.165, 1.54) is 14.2 Å². The Morgan fingerprint density at radius 3 is 2.54 bits per heavy atom. The lowest BCUT2D eigenvalue weighted by Crippen LogP contribution is -2.56. The summed E-state index contributed by atoms with van der Waals surface area (Å²) in [7, 11) is 2.78. The van der Waals surface area contributed by atoms with E-state index in [-0.39, 0.29) is 11.8 Å². The highest BCUT2D eigenvalue weighted by Gasteiger charge is 2.67. The van der Waals surface area contributed by atoms with Crippen molar-refractivity contribution < 1.29 is 19.1 Å². The number of thioether (sulfide) groups is 1. The maximum Gasteiger partial charge on any atom is 0.326 e. The molecule has 6 nitrogen and oxygen atoms in total. The van der Waals surface area contributed by atoms with Gasteiger partial charge < -0.3 is 4.74 Å². The molecule has 2 heterocycles. The Bertz CT molecular complexity index is 741. The van der Waals surface area contributed by atoms with Crippen LogP contribution < -0.4 is 5.32 Å². The topological polar surface area (TPSA) is 75.7 Å². The number of hydrogen-bond acceptors (Lipinski definition) is 6. The molecule has 3 rings (SSSR count). The van der Waals surface area contributed by atoms with Crippen molar-refractivity contribution in [3.05, 3.63) is 34.9 Å². The molecule has 0 spiro atoms. The van der Waals surface area contributed by atoms with Gasteiger partial charge in [-0.3, -0.25) is 24.6 Å². The van der Waals surface area contributed by atoms with E-state index in [2.05, 4.69) is 5.32 Å². The van der Waals surface area contributed by atoms with Gasteiger partial charge in [0, 0.05) is 18.1 Å². The first-order valence-electron chi connectivity index (χ1n) is 8.29. The number of nitrogens with one attached hydrogen (secondary N) is 1. The second-order valence-electron chi connectivity index (χ2n) is 6.62. The van der Waals surface area contributed by atoms with E-state index in [0.29, 0.717) is 17.2 Å². The monoisotopic (exact) mass is 396 g/mol. The predicted molar refractivity (Wildman–Crippen MR) is 99.8 cm³/mol. The Balaban J connectivity index is 2.11. The van der Waals surface area contributed by atoms with Gasteiger partial charge in [-0.05, 0) is 36.1 Å². The van der Waals surface area contributed by atoms with E-state index in [0.717, 1.165) is 10.5 Å². The normalized spacial score (nSPS) is 30.6. The molecular weight excluding hydrogens is 376 g/mol. The summed E-state index contributed by atoms with van der Waals surface area (Å²) in [5.74, 6) is -1.88. The maximum absolute atomic E-state index is 12.9. The van der Waals surface area contributed by atoms with E-state index in [9.17, 15) is 14.4 Å². The Morgan fingerprint density at radius 2 is 1.96 bits per heavy atom. The van der Waals surface area contributed by atoms with Crippen LogP contribution >= 0.6 is 23.4 Å². The number of carbonyl (C=O) groups excluding carboxylic acids is 3. The van der Waals surface area contributed by atoms with Gasteiger partial charge in [-0.25, -0.2) is 0 Å².